The van der Waals surface area contributed by atoms with E-state index >= 15 is 0 Å². The lowest BCUT2D eigenvalue weighted by Crippen LogP contribution is -2.24. The Morgan fingerprint density at radius 3 is 2.76 bits per heavy atom. The third kappa shape index (κ3) is 4.89. The van der Waals surface area contributed by atoms with E-state index in [0.717, 1.165) is 0 Å². The SMILES string of the molecule is Cc1nn(-c2cccc(Cl)c2)c(O)c1C=NNC(=S)Nc1cccc(C(=O)O)c1. The number of halogens is 1. The molecule has 1 aromatic heterocycles. The van der Waals surface area contributed by atoms with Crippen LogP contribution >= 0.6 is 23.8 Å². The lowest BCUT2D eigenvalue weighted by molar-refractivity contribution is 0.0697. The van der Waals surface area contributed by atoms with Crippen LogP contribution in [0.3, 0.4) is 0 Å². The molecule has 0 unspecified atom stereocenters. The van der Waals surface area contributed by atoms with Gasteiger partial charge in [-0.1, -0.05) is 23.7 Å². The van der Waals surface area contributed by atoms with Crippen molar-refractivity contribution in [1.82, 2.24) is 15.2 Å². The second-order valence-corrected chi connectivity index (χ2v) is 6.77. The molecule has 0 fully saturated rings. The Balaban J connectivity index is 1.70. The van der Waals surface area contributed by atoms with Crippen molar-refractivity contribution >= 4 is 46.8 Å². The van der Waals surface area contributed by atoms with Gasteiger partial charge in [-0.15, -0.1) is 0 Å². The van der Waals surface area contributed by atoms with Crippen LogP contribution in [0.15, 0.2) is 53.6 Å². The molecule has 0 amide bonds. The quantitative estimate of drug-likeness (QED) is 0.278. The number of benzene rings is 2. The van der Waals surface area contributed by atoms with Gasteiger partial charge >= 0.3 is 5.97 Å². The first-order valence-corrected chi connectivity index (χ1v) is 9.11. The number of hydrogen-bond acceptors (Lipinski definition) is 5. The average Bonchev–Trinajstić information content (AvgIpc) is 2.96. The number of hydrazone groups is 1. The van der Waals surface area contributed by atoms with Crippen molar-refractivity contribution in [2.24, 2.45) is 5.10 Å². The number of nitrogens with zero attached hydrogens (tertiary/aromatic N) is 3. The highest BCUT2D eigenvalue weighted by Crippen LogP contribution is 2.24. The van der Waals surface area contributed by atoms with Crippen LogP contribution in [0.5, 0.6) is 5.88 Å². The number of aromatic hydroxyl groups is 1. The molecular formula is C19H16ClN5O3S. The van der Waals surface area contributed by atoms with Crippen molar-refractivity contribution in [3.05, 3.63) is 70.4 Å². The summed E-state index contributed by atoms with van der Waals surface area (Å²) < 4.78 is 1.36. The third-order valence-corrected chi connectivity index (χ3v) is 4.29. The maximum absolute atomic E-state index is 11.0. The van der Waals surface area contributed by atoms with E-state index in [1.807, 2.05) is 0 Å². The van der Waals surface area contributed by atoms with Crippen LogP contribution in [0.4, 0.5) is 5.69 Å². The summed E-state index contributed by atoms with van der Waals surface area (Å²) >= 11 is 11.1. The van der Waals surface area contributed by atoms with Gasteiger partial charge in [0.2, 0.25) is 5.88 Å². The molecule has 3 rings (SSSR count). The van der Waals surface area contributed by atoms with Crippen LogP contribution in [0.1, 0.15) is 21.6 Å². The van der Waals surface area contributed by atoms with Gasteiger partial charge in [0, 0.05) is 10.7 Å². The summed E-state index contributed by atoms with van der Waals surface area (Å²) in [5, 5.41) is 31.3. The Kier molecular flexibility index (Phi) is 6.10. The van der Waals surface area contributed by atoms with Gasteiger partial charge in [0.05, 0.1) is 28.7 Å². The fourth-order valence-corrected chi connectivity index (χ4v) is 2.87. The van der Waals surface area contributed by atoms with Crippen LogP contribution in [-0.2, 0) is 0 Å². The molecule has 0 spiro atoms. The maximum Gasteiger partial charge on any atom is 0.335 e. The van der Waals surface area contributed by atoms with E-state index in [4.69, 9.17) is 28.9 Å². The predicted octanol–water partition coefficient (Wildman–Crippen LogP) is 3.56. The highest BCUT2D eigenvalue weighted by Gasteiger charge is 2.14. The number of carboxylic acids is 1. The molecule has 10 heteroatoms. The minimum absolute atomic E-state index is 0.0941. The third-order valence-electron chi connectivity index (χ3n) is 3.86. The minimum Gasteiger partial charge on any atom is -0.493 e. The molecule has 29 heavy (non-hydrogen) atoms. The first-order valence-electron chi connectivity index (χ1n) is 8.33. The topological polar surface area (TPSA) is 112 Å². The second kappa shape index (κ2) is 8.72. The lowest BCUT2D eigenvalue weighted by atomic mass is 10.2. The number of rotatable bonds is 5. The van der Waals surface area contributed by atoms with Crippen molar-refractivity contribution in [1.29, 1.82) is 0 Å². The van der Waals surface area contributed by atoms with E-state index in [9.17, 15) is 9.90 Å². The van der Waals surface area contributed by atoms with Crippen molar-refractivity contribution in [3.63, 3.8) is 0 Å². The van der Waals surface area contributed by atoms with Gasteiger partial charge in [-0.3, -0.25) is 5.43 Å². The van der Waals surface area contributed by atoms with Crippen LogP contribution in [-0.4, -0.2) is 37.3 Å². The van der Waals surface area contributed by atoms with Crippen molar-refractivity contribution in [3.8, 4) is 11.6 Å². The van der Waals surface area contributed by atoms with E-state index < -0.39 is 5.97 Å². The van der Waals surface area contributed by atoms with Crippen LogP contribution < -0.4 is 10.7 Å². The summed E-state index contributed by atoms with van der Waals surface area (Å²) in [5.41, 5.74) is 4.83. The van der Waals surface area contributed by atoms with E-state index in [0.29, 0.717) is 27.7 Å². The normalized spacial score (nSPS) is 10.8. The van der Waals surface area contributed by atoms with E-state index in [1.54, 1.807) is 43.3 Å². The Hall–Kier alpha value is -3.43. The Labute approximate surface area is 176 Å². The molecule has 3 aromatic rings. The fraction of sp³-hybridized carbons (Fsp3) is 0.0526. The van der Waals surface area contributed by atoms with E-state index in [-0.39, 0.29) is 16.6 Å². The van der Waals surface area contributed by atoms with Crippen LogP contribution in [0, 0.1) is 6.92 Å². The number of nitrogens with one attached hydrogen (secondary N) is 2. The number of anilines is 1. The van der Waals surface area contributed by atoms with Gasteiger partial charge in [-0.2, -0.15) is 10.2 Å². The molecule has 0 aliphatic heterocycles. The number of thiocarbonyl (C=S) groups is 1. The van der Waals surface area contributed by atoms with Gasteiger partial charge < -0.3 is 15.5 Å². The number of aryl methyl sites for hydroxylation is 1. The molecule has 0 aliphatic carbocycles. The zero-order valence-electron chi connectivity index (χ0n) is 15.1. The summed E-state index contributed by atoms with van der Waals surface area (Å²) in [6, 6.07) is 13.1. The van der Waals surface area contributed by atoms with Gasteiger partial charge in [-0.05, 0) is 55.5 Å². The van der Waals surface area contributed by atoms with Crippen molar-refractivity contribution in [2.45, 2.75) is 6.92 Å². The number of carbonyl (C=O) groups is 1. The molecule has 0 saturated carbocycles. The number of aromatic nitrogens is 2. The molecule has 4 N–H and O–H groups in total. The van der Waals surface area contributed by atoms with Gasteiger partial charge in [0.15, 0.2) is 5.11 Å². The molecular weight excluding hydrogens is 414 g/mol. The lowest BCUT2D eigenvalue weighted by Gasteiger charge is -2.07. The molecule has 8 nitrogen and oxygen atoms in total. The summed E-state index contributed by atoms with van der Waals surface area (Å²) in [6.45, 7) is 1.73. The standard InChI is InChI=1S/C19H16ClN5O3S/c1-11-16(17(26)25(24-11)15-7-3-5-13(20)9-15)10-21-23-19(29)22-14-6-2-4-12(8-14)18(27)28/h2-10,26H,1H3,(H,27,28)(H2,22,23,29). The Morgan fingerprint density at radius 1 is 1.28 bits per heavy atom. The monoisotopic (exact) mass is 429 g/mol. The fourth-order valence-electron chi connectivity index (χ4n) is 2.51. The smallest absolute Gasteiger partial charge is 0.335 e. The Morgan fingerprint density at radius 2 is 2.03 bits per heavy atom. The van der Waals surface area contributed by atoms with Crippen LogP contribution in [0.25, 0.3) is 5.69 Å². The maximum atomic E-state index is 11.0. The number of carboxylic acid groups (broad SMARTS) is 1. The van der Waals surface area contributed by atoms with E-state index in [1.165, 1.54) is 23.0 Å². The molecule has 0 bridgehead atoms. The molecule has 148 valence electrons. The highest BCUT2D eigenvalue weighted by molar-refractivity contribution is 7.80. The zero-order valence-corrected chi connectivity index (χ0v) is 16.7. The van der Waals surface area contributed by atoms with Crippen molar-refractivity contribution < 1.29 is 15.0 Å². The summed E-state index contributed by atoms with van der Waals surface area (Å²) in [5.74, 6) is -1.13. The van der Waals surface area contributed by atoms with Gasteiger partial charge in [0.1, 0.15) is 0 Å². The Bertz CT molecular complexity index is 1110. The number of hydrogen-bond donors (Lipinski definition) is 4. The van der Waals surface area contributed by atoms with E-state index in [2.05, 4.69) is 20.9 Å². The number of aromatic carboxylic acids is 1. The predicted molar refractivity (Wildman–Crippen MR) is 115 cm³/mol. The molecule has 2 aromatic carbocycles. The second-order valence-electron chi connectivity index (χ2n) is 5.92. The first kappa shape index (κ1) is 20.3. The highest BCUT2D eigenvalue weighted by atomic mass is 35.5. The molecule has 0 radical (unpaired) electrons. The molecule has 0 aliphatic rings. The van der Waals surface area contributed by atoms with Gasteiger partial charge in [0.25, 0.3) is 0 Å². The molecule has 0 saturated heterocycles. The average molecular weight is 430 g/mol. The largest absolute Gasteiger partial charge is 0.493 e. The summed E-state index contributed by atoms with van der Waals surface area (Å²) in [7, 11) is 0. The molecule has 0 atom stereocenters. The summed E-state index contributed by atoms with van der Waals surface area (Å²) in [4.78, 5) is 11.0. The van der Waals surface area contributed by atoms with Gasteiger partial charge in [-0.25, -0.2) is 9.48 Å². The first-order chi connectivity index (χ1) is 13.8. The minimum atomic E-state index is -1.03. The van der Waals surface area contributed by atoms with Crippen molar-refractivity contribution in [2.75, 3.05) is 5.32 Å². The molecule has 1 heterocycles. The summed E-state index contributed by atoms with van der Waals surface area (Å²) in [6.07, 6.45) is 1.39. The zero-order chi connectivity index (χ0) is 21.0. The van der Waals surface area contributed by atoms with Crippen LogP contribution in [0.2, 0.25) is 5.02 Å².